The lowest BCUT2D eigenvalue weighted by molar-refractivity contribution is -0.122. The number of hydrazine groups is 1. The summed E-state index contributed by atoms with van der Waals surface area (Å²) in [6.45, 7) is 3.06. The molecule has 0 saturated carbocycles. The third kappa shape index (κ3) is 8.16. The highest BCUT2D eigenvalue weighted by molar-refractivity contribution is 5.98. The Morgan fingerprint density at radius 1 is 1.10 bits per heavy atom. The Labute approximate surface area is 233 Å². The van der Waals surface area contributed by atoms with E-state index in [1.807, 2.05) is 32.0 Å². The molecule has 0 saturated heterocycles. The number of nitrogens with two attached hydrogens (primary N) is 1. The molecule has 12 nitrogen and oxygen atoms in total. The van der Waals surface area contributed by atoms with Gasteiger partial charge < -0.3 is 25.3 Å². The Hall–Kier alpha value is -4.68. The fourth-order valence-corrected chi connectivity index (χ4v) is 3.70. The number of rotatable bonds is 13. The summed E-state index contributed by atoms with van der Waals surface area (Å²) in [6, 6.07) is 14.4. The van der Waals surface area contributed by atoms with Crippen LogP contribution in [-0.4, -0.2) is 62.1 Å². The van der Waals surface area contributed by atoms with Crippen LogP contribution in [0.4, 0.5) is 5.69 Å². The first-order valence-electron chi connectivity index (χ1n) is 12.5. The molecule has 0 aliphatic rings. The molecule has 0 aliphatic carbocycles. The largest absolute Gasteiger partial charge is 0.493 e. The summed E-state index contributed by atoms with van der Waals surface area (Å²) in [5, 5.41) is 10.8. The summed E-state index contributed by atoms with van der Waals surface area (Å²) in [4.78, 5) is 32.1. The molecule has 3 rings (SSSR count). The Bertz CT molecular complexity index is 1310. The van der Waals surface area contributed by atoms with E-state index in [1.54, 1.807) is 42.5 Å². The Balaban J connectivity index is 1.87. The first kappa shape index (κ1) is 29.9. The maximum atomic E-state index is 13.5. The number of amides is 2. The Morgan fingerprint density at radius 3 is 2.50 bits per heavy atom. The number of nitrogen functional groups attached to an aromatic ring is 1. The smallest absolute Gasteiger partial charge is 0.275 e. The van der Waals surface area contributed by atoms with Crippen molar-refractivity contribution < 1.29 is 23.8 Å². The van der Waals surface area contributed by atoms with Crippen LogP contribution in [0.1, 0.15) is 40.0 Å². The van der Waals surface area contributed by atoms with Crippen molar-refractivity contribution >= 4 is 23.3 Å². The number of hydrogen-bond donors (Lipinski definition) is 5. The summed E-state index contributed by atoms with van der Waals surface area (Å²) in [7, 11) is 5.22. The van der Waals surface area contributed by atoms with Gasteiger partial charge in [0.05, 0.1) is 27.1 Å². The molecule has 1 atom stereocenters. The monoisotopic (exact) mass is 549 g/mol. The SMILES string of the molecule is CCOc1cc(C(Nc2ccc(C(=N)N)cc2)C(=O)NNC(=O)c2cccnc2OC)ccc1COCN(C)C. The molecule has 1 aromatic heterocycles. The second kappa shape index (κ2) is 14.5. The zero-order chi connectivity index (χ0) is 29.1. The Kier molecular flexibility index (Phi) is 10.8. The fraction of sp³-hybridized carbons (Fsp3) is 0.286. The van der Waals surface area contributed by atoms with Crippen molar-refractivity contribution in [1.29, 1.82) is 5.41 Å². The number of nitrogens with zero attached hydrogens (tertiary/aromatic N) is 2. The van der Waals surface area contributed by atoms with E-state index >= 15 is 0 Å². The molecule has 0 fully saturated rings. The predicted molar refractivity (Wildman–Crippen MR) is 151 cm³/mol. The average molecular weight is 550 g/mol. The minimum atomic E-state index is -0.935. The van der Waals surface area contributed by atoms with Crippen LogP contribution in [-0.2, 0) is 16.1 Å². The van der Waals surface area contributed by atoms with Crippen LogP contribution in [0.3, 0.4) is 0 Å². The molecule has 1 heterocycles. The summed E-state index contributed by atoms with van der Waals surface area (Å²) in [6.07, 6.45) is 1.50. The number of methoxy groups -OCH3 is 1. The summed E-state index contributed by atoms with van der Waals surface area (Å²) < 4.78 is 16.7. The second-order valence-electron chi connectivity index (χ2n) is 8.93. The van der Waals surface area contributed by atoms with Crippen LogP contribution in [0.5, 0.6) is 11.6 Å². The van der Waals surface area contributed by atoms with Gasteiger partial charge in [0.25, 0.3) is 11.8 Å². The average Bonchev–Trinajstić information content (AvgIpc) is 2.95. The van der Waals surface area contributed by atoms with E-state index in [4.69, 9.17) is 25.4 Å². The molecule has 212 valence electrons. The third-order valence-corrected chi connectivity index (χ3v) is 5.61. The van der Waals surface area contributed by atoms with Gasteiger partial charge >= 0.3 is 0 Å². The van der Waals surface area contributed by atoms with Gasteiger partial charge in [-0.15, -0.1) is 0 Å². The van der Waals surface area contributed by atoms with Crippen molar-refractivity contribution in [3.63, 3.8) is 0 Å². The summed E-state index contributed by atoms with van der Waals surface area (Å²) in [5.41, 5.74) is 13.2. The highest BCUT2D eigenvalue weighted by Gasteiger charge is 2.24. The number of ether oxygens (including phenoxy) is 3. The molecule has 6 N–H and O–H groups in total. The van der Waals surface area contributed by atoms with Crippen LogP contribution in [0.15, 0.2) is 60.8 Å². The molecule has 1 unspecified atom stereocenters. The Morgan fingerprint density at radius 2 is 1.85 bits per heavy atom. The third-order valence-electron chi connectivity index (χ3n) is 5.61. The number of amidine groups is 1. The van der Waals surface area contributed by atoms with Crippen LogP contribution >= 0.6 is 0 Å². The van der Waals surface area contributed by atoms with Gasteiger partial charge in [-0.1, -0.05) is 12.1 Å². The van der Waals surface area contributed by atoms with Crippen molar-refractivity contribution in [3.8, 4) is 11.6 Å². The number of nitrogens with one attached hydrogen (secondary N) is 4. The zero-order valence-electron chi connectivity index (χ0n) is 23.0. The maximum Gasteiger partial charge on any atom is 0.275 e. The normalized spacial score (nSPS) is 11.4. The molecule has 0 radical (unpaired) electrons. The quantitative estimate of drug-likeness (QED) is 0.0932. The lowest BCUT2D eigenvalue weighted by atomic mass is 10.0. The van der Waals surface area contributed by atoms with Gasteiger partial charge in [0.15, 0.2) is 0 Å². The van der Waals surface area contributed by atoms with Gasteiger partial charge in [0.2, 0.25) is 5.88 Å². The first-order chi connectivity index (χ1) is 19.2. The molecular weight excluding hydrogens is 514 g/mol. The van der Waals surface area contributed by atoms with Crippen LogP contribution in [0.25, 0.3) is 0 Å². The summed E-state index contributed by atoms with van der Waals surface area (Å²) in [5.74, 6) is -0.489. The van der Waals surface area contributed by atoms with E-state index in [0.29, 0.717) is 42.5 Å². The molecule has 0 aliphatic heterocycles. The van der Waals surface area contributed by atoms with Crippen molar-refractivity contribution in [1.82, 2.24) is 20.7 Å². The predicted octanol–water partition coefficient (Wildman–Crippen LogP) is 2.42. The zero-order valence-corrected chi connectivity index (χ0v) is 23.0. The minimum Gasteiger partial charge on any atom is -0.493 e. The topological polar surface area (TPSA) is 164 Å². The van der Waals surface area contributed by atoms with Crippen molar-refractivity contribution in [2.45, 2.75) is 19.6 Å². The van der Waals surface area contributed by atoms with Gasteiger partial charge in [-0.25, -0.2) is 4.98 Å². The number of aromatic nitrogens is 1. The molecule has 3 aromatic rings. The number of anilines is 1. The van der Waals surface area contributed by atoms with Crippen LogP contribution < -0.4 is 31.4 Å². The van der Waals surface area contributed by atoms with Gasteiger partial charge in [-0.05, 0) is 69.0 Å². The van der Waals surface area contributed by atoms with Gasteiger partial charge in [-0.3, -0.25) is 30.7 Å². The highest BCUT2D eigenvalue weighted by atomic mass is 16.5. The van der Waals surface area contributed by atoms with Crippen LogP contribution in [0.2, 0.25) is 0 Å². The number of pyridine rings is 1. The molecule has 2 aromatic carbocycles. The minimum absolute atomic E-state index is 0.0668. The van der Waals surface area contributed by atoms with Crippen LogP contribution in [0, 0.1) is 5.41 Å². The van der Waals surface area contributed by atoms with Crippen molar-refractivity contribution in [3.05, 3.63) is 83.0 Å². The van der Waals surface area contributed by atoms with Crippen molar-refractivity contribution in [2.24, 2.45) is 5.73 Å². The number of hydrogen-bond acceptors (Lipinski definition) is 9. The molecule has 0 bridgehead atoms. The lowest BCUT2D eigenvalue weighted by Gasteiger charge is -2.22. The number of benzene rings is 2. The molecule has 12 heteroatoms. The molecular formula is C28H35N7O5. The molecule has 2 amide bonds. The fourth-order valence-electron chi connectivity index (χ4n) is 3.70. The number of carbonyl (C=O) groups excluding carboxylic acids is 2. The maximum absolute atomic E-state index is 13.5. The molecule has 40 heavy (non-hydrogen) atoms. The summed E-state index contributed by atoms with van der Waals surface area (Å²) >= 11 is 0. The van der Waals surface area contributed by atoms with E-state index in [1.165, 1.54) is 19.4 Å². The van der Waals surface area contributed by atoms with E-state index in [-0.39, 0.29) is 17.3 Å². The van der Waals surface area contributed by atoms with E-state index < -0.39 is 17.9 Å². The van der Waals surface area contributed by atoms with Gasteiger partial charge in [0.1, 0.15) is 23.2 Å². The standard InChI is InChI=1S/C28H35N7O5/c1-5-40-23-15-19(8-9-20(23)16-39-17-35(2)3)24(32-21-12-10-18(11-13-21)25(29)30)27(37)34-33-26(36)22-7-6-14-31-28(22)38-4/h6-15,24,32H,5,16-17H2,1-4H3,(H3,29,30)(H,33,36)(H,34,37). The van der Waals surface area contributed by atoms with Gasteiger partial charge in [-0.2, -0.15) is 0 Å². The van der Waals surface area contributed by atoms with E-state index in [0.717, 1.165) is 5.56 Å². The lowest BCUT2D eigenvalue weighted by Crippen LogP contribution is -2.45. The highest BCUT2D eigenvalue weighted by Crippen LogP contribution is 2.28. The number of carbonyl (C=O) groups is 2. The van der Waals surface area contributed by atoms with Crippen molar-refractivity contribution in [2.75, 3.05) is 39.9 Å². The van der Waals surface area contributed by atoms with Gasteiger partial charge in [0, 0.05) is 23.0 Å². The first-order valence-corrected chi connectivity index (χ1v) is 12.5. The van der Waals surface area contributed by atoms with E-state index in [2.05, 4.69) is 21.2 Å². The second-order valence-corrected chi connectivity index (χ2v) is 8.93. The molecule has 0 spiro atoms. The van der Waals surface area contributed by atoms with E-state index in [9.17, 15) is 9.59 Å².